The summed E-state index contributed by atoms with van der Waals surface area (Å²) in [6.07, 6.45) is 1.65. The van der Waals surface area contributed by atoms with E-state index < -0.39 is 11.4 Å². The Morgan fingerprint density at radius 3 is 1.92 bits per heavy atom. The first-order chi connectivity index (χ1) is 5.87. The summed E-state index contributed by atoms with van der Waals surface area (Å²) in [4.78, 5) is 11.1. The fraction of sp³-hybridized carbons (Fsp3) is 0.909. The monoisotopic (exact) mass is 184 g/mol. The van der Waals surface area contributed by atoms with Crippen molar-refractivity contribution in [1.29, 1.82) is 0 Å². The molecule has 0 saturated heterocycles. The van der Waals surface area contributed by atoms with Gasteiger partial charge in [-0.05, 0) is 37.5 Å². The molecule has 0 heterocycles. The summed E-state index contributed by atoms with van der Waals surface area (Å²) in [5.41, 5.74) is -0.481. The van der Waals surface area contributed by atoms with Crippen LogP contribution in [0.1, 0.15) is 40.5 Å². The van der Waals surface area contributed by atoms with E-state index in [4.69, 9.17) is 5.11 Å². The molecule has 76 valence electrons. The minimum atomic E-state index is -0.627. The predicted molar refractivity (Wildman–Crippen MR) is 52.5 cm³/mol. The van der Waals surface area contributed by atoms with Crippen LogP contribution < -0.4 is 0 Å². The summed E-state index contributed by atoms with van der Waals surface area (Å²) in [6.45, 7) is 8.45. The third kappa shape index (κ3) is 1.87. The van der Waals surface area contributed by atoms with Gasteiger partial charge >= 0.3 is 5.97 Å². The van der Waals surface area contributed by atoms with Crippen LogP contribution >= 0.6 is 0 Å². The predicted octanol–water partition coefficient (Wildman–Crippen LogP) is 2.78. The highest BCUT2D eigenvalue weighted by molar-refractivity contribution is 5.74. The highest BCUT2D eigenvalue weighted by Gasteiger charge is 2.42. The van der Waals surface area contributed by atoms with E-state index in [0.29, 0.717) is 17.8 Å². The van der Waals surface area contributed by atoms with Crippen molar-refractivity contribution in [3.8, 4) is 0 Å². The van der Waals surface area contributed by atoms with Crippen molar-refractivity contribution >= 4 is 5.97 Å². The number of hydrogen-bond acceptors (Lipinski definition) is 1. The standard InChI is InChI=1S/C11H20O2/c1-7-5-11(4,10(12)13)6-8(2)9(7)3/h7-9H,5-6H2,1-4H3,(H,12,13)/t7-,8-,9-,11-/m1/s1. The molecule has 2 atom stereocenters. The SMILES string of the molecule is C[C@@H]1C[C@](C)(C(=O)O)C[C@@H](C)[C@H]1C. The summed E-state index contributed by atoms with van der Waals surface area (Å²) in [7, 11) is 0. The average Bonchev–Trinajstić information content (AvgIpc) is 2.00. The quantitative estimate of drug-likeness (QED) is 0.680. The van der Waals surface area contributed by atoms with Gasteiger partial charge in [0, 0.05) is 0 Å². The van der Waals surface area contributed by atoms with Gasteiger partial charge in [-0.15, -0.1) is 0 Å². The van der Waals surface area contributed by atoms with E-state index in [1.54, 1.807) is 0 Å². The molecule has 13 heavy (non-hydrogen) atoms. The molecule has 0 bridgehead atoms. The summed E-state index contributed by atoms with van der Waals surface area (Å²) in [5.74, 6) is 1.10. The first kappa shape index (κ1) is 10.6. The molecule has 1 aliphatic carbocycles. The van der Waals surface area contributed by atoms with Crippen molar-refractivity contribution in [3.05, 3.63) is 0 Å². The normalized spacial score (nSPS) is 46.0. The van der Waals surface area contributed by atoms with E-state index >= 15 is 0 Å². The zero-order valence-electron chi connectivity index (χ0n) is 9.00. The molecule has 1 N–H and O–H groups in total. The fourth-order valence-corrected chi connectivity index (χ4v) is 2.61. The Balaban J connectivity index is 2.79. The van der Waals surface area contributed by atoms with Crippen LogP contribution in [0.2, 0.25) is 0 Å². The second kappa shape index (κ2) is 3.32. The van der Waals surface area contributed by atoms with E-state index in [-0.39, 0.29) is 0 Å². The Morgan fingerprint density at radius 2 is 1.62 bits per heavy atom. The van der Waals surface area contributed by atoms with E-state index in [9.17, 15) is 4.79 Å². The summed E-state index contributed by atoms with van der Waals surface area (Å²) in [5, 5.41) is 9.12. The summed E-state index contributed by atoms with van der Waals surface area (Å²) >= 11 is 0. The first-order valence-corrected chi connectivity index (χ1v) is 5.10. The van der Waals surface area contributed by atoms with E-state index in [0.717, 1.165) is 12.8 Å². The molecule has 2 heteroatoms. The van der Waals surface area contributed by atoms with Crippen molar-refractivity contribution in [3.63, 3.8) is 0 Å². The van der Waals surface area contributed by atoms with Gasteiger partial charge in [0.2, 0.25) is 0 Å². The van der Waals surface area contributed by atoms with Crippen molar-refractivity contribution in [2.45, 2.75) is 40.5 Å². The molecule has 0 radical (unpaired) electrons. The Labute approximate surface area is 80.3 Å². The molecule has 1 rings (SSSR count). The van der Waals surface area contributed by atoms with Crippen LogP contribution in [0.4, 0.5) is 0 Å². The lowest BCUT2D eigenvalue weighted by Crippen LogP contribution is -2.39. The zero-order chi connectivity index (χ0) is 10.2. The summed E-state index contributed by atoms with van der Waals surface area (Å²) < 4.78 is 0. The topological polar surface area (TPSA) is 37.3 Å². The molecule has 0 amide bonds. The zero-order valence-corrected chi connectivity index (χ0v) is 9.00. The summed E-state index contributed by atoms with van der Waals surface area (Å²) in [6, 6.07) is 0. The molecule has 1 saturated carbocycles. The van der Waals surface area contributed by atoms with E-state index in [1.807, 2.05) is 6.92 Å². The average molecular weight is 184 g/mol. The van der Waals surface area contributed by atoms with Gasteiger partial charge in [0.05, 0.1) is 5.41 Å². The van der Waals surface area contributed by atoms with Gasteiger partial charge in [0.1, 0.15) is 0 Å². The van der Waals surface area contributed by atoms with Gasteiger partial charge in [0.15, 0.2) is 0 Å². The second-order valence-electron chi connectivity index (χ2n) is 5.09. The maximum atomic E-state index is 11.1. The molecule has 0 spiro atoms. The maximum absolute atomic E-state index is 11.1. The van der Waals surface area contributed by atoms with Crippen LogP contribution in [-0.4, -0.2) is 11.1 Å². The molecule has 1 aliphatic rings. The number of rotatable bonds is 1. The highest BCUT2D eigenvalue weighted by atomic mass is 16.4. The minimum Gasteiger partial charge on any atom is -0.481 e. The van der Waals surface area contributed by atoms with Gasteiger partial charge in [-0.2, -0.15) is 0 Å². The van der Waals surface area contributed by atoms with Crippen molar-refractivity contribution in [1.82, 2.24) is 0 Å². The third-order valence-electron chi connectivity index (χ3n) is 3.86. The molecule has 0 aromatic rings. The van der Waals surface area contributed by atoms with Gasteiger partial charge < -0.3 is 5.11 Å². The first-order valence-electron chi connectivity index (χ1n) is 5.10. The van der Waals surface area contributed by atoms with E-state index in [2.05, 4.69) is 20.8 Å². The van der Waals surface area contributed by atoms with Crippen LogP contribution in [0.15, 0.2) is 0 Å². The Morgan fingerprint density at radius 1 is 1.23 bits per heavy atom. The van der Waals surface area contributed by atoms with Gasteiger partial charge in [-0.1, -0.05) is 20.8 Å². The van der Waals surface area contributed by atoms with E-state index in [1.165, 1.54) is 0 Å². The molecule has 1 fully saturated rings. The van der Waals surface area contributed by atoms with Crippen molar-refractivity contribution in [2.75, 3.05) is 0 Å². The van der Waals surface area contributed by atoms with Crippen molar-refractivity contribution in [2.24, 2.45) is 23.2 Å². The van der Waals surface area contributed by atoms with Gasteiger partial charge in [0.25, 0.3) is 0 Å². The van der Waals surface area contributed by atoms with Crippen LogP contribution in [0, 0.1) is 23.2 Å². The maximum Gasteiger partial charge on any atom is 0.309 e. The number of carbonyl (C=O) groups is 1. The lowest BCUT2D eigenvalue weighted by Gasteiger charge is -2.41. The number of carboxylic acid groups (broad SMARTS) is 1. The Hall–Kier alpha value is -0.530. The molecule has 2 nitrogen and oxygen atoms in total. The second-order valence-corrected chi connectivity index (χ2v) is 5.09. The number of carboxylic acids is 1. The molecule has 0 aromatic carbocycles. The van der Waals surface area contributed by atoms with Crippen LogP contribution in [-0.2, 0) is 4.79 Å². The molecule has 0 aliphatic heterocycles. The van der Waals surface area contributed by atoms with Crippen LogP contribution in [0.5, 0.6) is 0 Å². The molecule has 0 unspecified atom stereocenters. The van der Waals surface area contributed by atoms with Gasteiger partial charge in [-0.25, -0.2) is 0 Å². The Bertz CT molecular complexity index is 198. The van der Waals surface area contributed by atoms with Gasteiger partial charge in [-0.3, -0.25) is 4.79 Å². The fourth-order valence-electron chi connectivity index (χ4n) is 2.61. The number of hydrogen-bond donors (Lipinski definition) is 1. The van der Waals surface area contributed by atoms with Crippen LogP contribution in [0.3, 0.4) is 0 Å². The smallest absolute Gasteiger partial charge is 0.309 e. The van der Waals surface area contributed by atoms with Crippen LogP contribution in [0.25, 0.3) is 0 Å². The highest BCUT2D eigenvalue weighted by Crippen LogP contribution is 2.45. The Kier molecular flexibility index (Phi) is 2.69. The lowest BCUT2D eigenvalue weighted by molar-refractivity contribution is -0.153. The third-order valence-corrected chi connectivity index (χ3v) is 3.86. The minimum absolute atomic E-state index is 0.481. The molecule has 0 aromatic heterocycles. The largest absolute Gasteiger partial charge is 0.481 e. The van der Waals surface area contributed by atoms with Crippen molar-refractivity contribution < 1.29 is 9.90 Å². The molecular formula is C11H20O2. The lowest BCUT2D eigenvalue weighted by atomic mass is 9.63. The number of aliphatic carboxylic acids is 1. The molecular weight excluding hydrogens is 164 g/mol.